The lowest BCUT2D eigenvalue weighted by molar-refractivity contribution is -0.150. The molecule has 128 valence electrons. The van der Waals surface area contributed by atoms with Crippen molar-refractivity contribution in [3.63, 3.8) is 0 Å². The molecule has 24 heavy (non-hydrogen) atoms. The molecule has 6 heteroatoms. The van der Waals surface area contributed by atoms with Gasteiger partial charge in [0, 0.05) is 29.2 Å². The van der Waals surface area contributed by atoms with E-state index >= 15 is 0 Å². The van der Waals surface area contributed by atoms with E-state index in [1.165, 1.54) is 12.2 Å². The zero-order valence-electron chi connectivity index (χ0n) is 13.5. The average molecular weight is 394 g/mol. The number of nitrogens with zero attached hydrogens (tertiary/aromatic N) is 1. The number of amides is 1. The van der Waals surface area contributed by atoms with Crippen molar-refractivity contribution < 1.29 is 19.1 Å². The van der Waals surface area contributed by atoms with Crippen LogP contribution < -0.4 is 0 Å². The number of ether oxygens (including phenoxy) is 1. The third-order valence-corrected chi connectivity index (χ3v) is 4.46. The smallest absolute Gasteiger partial charge is 0.309 e. The maximum absolute atomic E-state index is 12.2. The van der Waals surface area contributed by atoms with Crippen LogP contribution in [0.15, 0.2) is 40.9 Å². The minimum Gasteiger partial charge on any atom is -0.466 e. The summed E-state index contributed by atoms with van der Waals surface area (Å²) < 4.78 is 5.90. The number of esters is 1. The first-order valence-corrected chi connectivity index (χ1v) is 8.74. The van der Waals surface area contributed by atoms with Crippen LogP contribution in [0.1, 0.15) is 30.1 Å². The van der Waals surface area contributed by atoms with Gasteiger partial charge in [-0.1, -0.05) is 15.9 Å². The summed E-state index contributed by atoms with van der Waals surface area (Å²) in [5, 5.41) is 0. The molecule has 2 rings (SSSR count). The van der Waals surface area contributed by atoms with Gasteiger partial charge in [-0.05, 0) is 50.1 Å². The predicted octanol–water partition coefficient (Wildman–Crippen LogP) is 2.99. The number of benzene rings is 1. The maximum Gasteiger partial charge on any atom is 0.309 e. The average Bonchev–Trinajstić information content (AvgIpc) is 2.60. The lowest BCUT2D eigenvalue weighted by Crippen LogP contribution is -2.40. The molecule has 0 aliphatic carbocycles. The Balaban J connectivity index is 1.86. The summed E-state index contributed by atoms with van der Waals surface area (Å²) in [5.74, 6) is -0.743. The second-order valence-electron chi connectivity index (χ2n) is 5.56. The number of halogens is 1. The van der Waals surface area contributed by atoms with Gasteiger partial charge < -0.3 is 9.64 Å². The molecule has 1 aromatic rings. The first kappa shape index (κ1) is 18.4. The lowest BCUT2D eigenvalue weighted by Gasteiger charge is -2.30. The monoisotopic (exact) mass is 393 g/mol. The van der Waals surface area contributed by atoms with Crippen molar-refractivity contribution >= 4 is 33.6 Å². The Bertz CT molecular complexity index is 631. The largest absolute Gasteiger partial charge is 0.466 e. The third-order valence-electron chi connectivity index (χ3n) is 3.93. The number of piperidine rings is 1. The summed E-state index contributed by atoms with van der Waals surface area (Å²) in [6, 6.07) is 6.96. The van der Waals surface area contributed by atoms with Crippen molar-refractivity contribution in [2.75, 3.05) is 19.7 Å². The Morgan fingerprint density at radius 1 is 1.17 bits per heavy atom. The van der Waals surface area contributed by atoms with E-state index in [9.17, 15) is 14.4 Å². The predicted molar refractivity (Wildman–Crippen MR) is 93.5 cm³/mol. The maximum atomic E-state index is 12.2. The van der Waals surface area contributed by atoms with Crippen LogP contribution in [0.3, 0.4) is 0 Å². The molecule has 0 atom stereocenters. The Labute approximate surface area is 149 Å². The van der Waals surface area contributed by atoms with Gasteiger partial charge in [0.25, 0.3) is 0 Å². The first-order chi connectivity index (χ1) is 11.5. The molecule has 0 radical (unpaired) electrons. The minimum absolute atomic E-state index is 0.137. The molecule has 1 aliphatic heterocycles. The Morgan fingerprint density at radius 3 is 2.38 bits per heavy atom. The first-order valence-electron chi connectivity index (χ1n) is 7.94. The molecular formula is C18H20BrNO4. The van der Waals surface area contributed by atoms with Crippen molar-refractivity contribution in [1.82, 2.24) is 4.90 Å². The second-order valence-corrected chi connectivity index (χ2v) is 6.47. The van der Waals surface area contributed by atoms with Crippen LogP contribution in [-0.2, 0) is 14.3 Å². The van der Waals surface area contributed by atoms with E-state index in [2.05, 4.69) is 15.9 Å². The molecular weight excluding hydrogens is 374 g/mol. The van der Waals surface area contributed by atoms with Gasteiger partial charge in [-0.25, -0.2) is 0 Å². The lowest BCUT2D eigenvalue weighted by atomic mass is 9.97. The van der Waals surface area contributed by atoms with Crippen molar-refractivity contribution in [2.24, 2.45) is 5.92 Å². The summed E-state index contributed by atoms with van der Waals surface area (Å²) in [5.41, 5.74) is 0.531. The molecule has 1 aromatic carbocycles. The van der Waals surface area contributed by atoms with Gasteiger partial charge in [-0.2, -0.15) is 0 Å². The number of ketones is 1. The summed E-state index contributed by atoms with van der Waals surface area (Å²) in [4.78, 5) is 37.5. The zero-order valence-corrected chi connectivity index (χ0v) is 15.1. The van der Waals surface area contributed by atoms with E-state index in [1.807, 2.05) is 0 Å². The third kappa shape index (κ3) is 5.03. The number of carbonyl (C=O) groups excluding carboxylic acids is 3. The Hall–Kier alpha value is -1.95. The molecule has 0 saturated carbocycles. The van der Waals surface area contributed by atoms with E-state index in [0.717, 1.165) is 4.47 Å². The van der Waals surface area contributed by atoms with Crippen molar-refractivity contribution in [3.05, 3.63) is 46.5 Å². The zero-order chi connectivity index (χ0) is 17.5. The van der Waals surface area contributed by atoms with Crippen LogP contribution >= 0.6 is 15.9 Å². The fourth-order valence-corrected chi connectivity index (χ4v) is 2.82. The molecule has 0 N–H and O–H groups in total. The van der Waals surface area contributed by atoms with E-state index in [-0.39, 0.29) is 23.6 Å². The van der Waals surface area contributed by atoms with Crippen LogP contribution in [0, 0.1) is 5.92 Å². The van der Waals surface area contributed by atoms with Crippen molar-refractivity contribution in [3.8, 4) is 0 Å². The summed E-state index contributed by atoms with van der Waals surface area (Å²) in [6.45, 7) is 3.15. The van der Waals surface area contributed by atoms with Gasteiger partial charge in [0.1, 0.15) is 0 Å². The molecule has 0 bridgehead atoms. The second kappa shape index (κ2) is 8.78. The van der Waals surface area contributed by atoms with E-state index < -0.39 is 0 Å². The van der Waals surface area contributed by atoms with Crippen LogP contribution in [0.4, 0.5) is 0 Å². The number of likely N-dealkylation sites (tertiary alicyclic amines) is 1. The van der Waals surface area contributed by atoms with E-state index in [4.69, 9.17) is 4.74 Å². The Kier molecular flexibility index (Phi) is 6.73. The van der Waals surface area contributed by atoms with Crippen LogP contribution in [-0.4, -0.2) is 42.3 Å². The number of rotatable bonds is 5. The molecule has 1 fully saturated rings. The van der Waals surface area contributed by atoms with E-state index in [1.54, 1.807) is 36.1 Å². The highest BCUT2D eigenvalue weighted by Crippen LogP contribution is 2.19. The Morgan fingerprint density at radius 2 is 1.79 bits per heavy atom. The molecule has 0 spiro atoms. The molecule has 1 amide bonds. The highest BCUT2D eigenvalue weighted by Gasteiger charge is 2.27. The van der Waals surface area contributed by atoms with Crippen LogP contribution in [0.25, 0.3) is 0 Å². The molecule has 0 unspecified atom stereocenters. The number of hydrogen-bond acceptors (Lipinski definition) is 4. The summed E-state index contributed by atoms with van der Waals surface area (Å²) >= 11 is 3.31. The molecule has 1 heterocycles. The van der Waals surface area contributed by atoms with Crippen LogP contribution in [0.5, 0.6) is 0 Å². The topological polar surface area (TPSA) is 63.7 Å². The minimum atomic E-state index is -0.211. The highest BCUT2D eigenvalue weighted by molar-refractivity contribution is 9.10. The van der Waals surface area contributed by atoms with Gasteiger partial charge >= 0.3 is 5.97 Å². The van der Waals surface area contributed by atoms with Gasteiger partial charge in [0.2, 0.25) is 5.91 Å². The van der Waals surface area contributed by atoms with Crippen molar-refractivity contribution in [1.29, 1.82) is 0 Å². The van der Waals surface area contributed by atoms with Gasteiger partial charge in [0.15, 0.2) is 5.78 Å². The van der Waals surface area contributed by atoms with Crippen molar-refractivity contribution in [2.45, 2.75) is 19.8 Å². The SMILES string of the molecule is CCOC(=O)C1CCN(C(=O)/C=C/C(=O)c2ccc(Br)cc2)CC1. The fourth-order valence-electron chi connectivity index (χ4n) is 2.56. The molecule has 5 nitrogen and oxygen atoms in total. The normalized spacial score (nSPS) is 15.5. The highest BCUT2D eigenvalue weighted by atomic mass is 79.9. The molecule has 1 saturated heterocycles. The fraction of sp³-hybridized carbons (Fsp3) is 0.389. The van der Waals surface area contributed by atoms with Gasteiger partial charge in [0.05, 0.1) is 12.5 Å². The van der Waals surface area contributed by atoms with Gasteiger partial charge in [-0.3, -0.25) is 14.4 Å². The van der Waals surface area contributed by atoms with Gasteiger partial charge in [-0.15, -0.1) is 0 Å². The van der Waals surface area contributed by atoms with E-state index in [0.29, 0.717) is 38.1 Å². The molecule has 0 aromatic heterocycles. The standard InChI is InChI=1S/C18H20BrNO4/c1-2-24-18(23)14-9-11-20(12-10-14)17(22)8-7-16(21)13-3-5-15(19)6-4-13/h3-8,14H,2,9-12H2,1H3/b8-7+. The number of hydrogen-bond donors (Lipinski definition) is 0. The quantitative estimate of drug-likeness (QED) is 0.438. The summed E-state index contributed by atoms with van der Waals surface area (Å²) in [6.07, 6.45) is 3.79. The van der Waals surface area contributed by atoms with Crippen LogP contribution in [0.2, 0.25) is 0 Å². The molecule has 1 aliphatic rings. The summed E-state index contributed by atoms with van der Waals surface area (Å²) in [7, 11) is 0. The number of carbonyl (C=O) groups is 3. The number of allylic oxidation sites excluding steroid dienone is 1.